The van der Waals surface area contributed by atoms with Gasteiger partial charge in [0.25, 0.3) is 5.91 Å². The highest BCUT2D eigenvalue weighted by atomic mass is 32.1. The summed E-state index contributed by atoms with van der Waals surface area (Å²) in [6.07, 6.45) is 1.62. The number of aromatic nitrogens is 1. The summed E-state index contributed by atoms with van der Waals surface area (Å²) in [5.41, 5.74) is 5.57. The van der Waals surface area contributed by atoms with Crippen LogP contribution in [0, 0.1) is 12.8 Å². The normalized spacial score (nSPS) is 12.2. The summed E-state index contributed by atoms with van der Waals surface area (Å²) in [5, 5.41) is 0.895. The predicted molar refractivity (Wildman–Crippen MR) is 74.4 cm³/mol. The Hall–Kier alpha value is -1.01. The number of nitrogens with zero attached hydrogens (tertiary/aromatic N) is 2. The Balaban J connectivity index is 2.74. The summed E-state index contributed by atoms with van der Waals surface area (Å²) in [6, 6.07) is 0. The van der Waals surface area contributed by atoms with Crippen molar-refractivity contribution in [3.05, 3.63) is 16.1 Å². The van der Waals surface area contributed by atoms with E-state index in [4.69, 9.17) is 18.0 Å². The van der Waals surface area contributed by atoms with Crippen molar-refractivity contribution < 1.29 is 4.79 Å². The van der Waals surface area contributed by atoms with Gasteiger partial charge in [0.05, 0.1) is 16.2 Å². The molecule has 1 rings (SSSR count). The van der Waals surface area contributed by atoms with Crippen LogP contribution >= 0.6 is 23.6 Å². The van der Waals surface area contributed by atoms with Gasteiger partial charge in [-0.3, -0.25) is 4.79 Å². The zero-order valence-electron chi connectivity index (χ0n) is 10.3. The Bertz CT molecular complexity index is 417. The number of thiocarbonyl (C=S) groups is 1. The molecule has 0 saturated carbocycles. The molecule has 0 fully saturated rings. The molecule has 94 valence electrons. The maximum Gasteiger partial charge on any atom is 0.265 e. The van der Waals surface area contributed by atoms with Gasteiger partial charge in [-0.05, 0) is 13.8 Å². The highest BCUT2D eigenvalue weighted by Gasteiger charge is 2.19. The minimum absolute atomic E-state index is 0.00111. The summed E-state index contributed by atoms with van der Waals surface area (Å²) in [5.74, 6) is 0.0316. The van der Waals surface area contributed by atoms with E-state index in [1.54, 1.807) is 11.1 Å². The molecule has 0 radical (unpaired) electrons. The van der Waals surface area contributed by atoms with Crippen molar-refractivity contribution in [3.63, 3.8) is 0 Å². The molecule has 0 saturated heterocycles. The van der Waals surface area contributed by atoms with Crippen LogP contribution < -0.4 is 5.73 Å². The molecule has 1 atom stereocenters. The SMILES string of the molecule is CCN(CC(C)C(N)=S)C(=O)c1cnc(C)s1. The van der Waals surface area contributed by atoms with E-state index in [1.807, 2.05) is 20.8 Å². The smallest absolute Gasteiger partial charge is 0.265 e. The van der Waals surface area contributed by atoms with Crippen LogP contribution in [0.3, 0.4) is 0 Å². The van der Waals surface area contributed by atoms with Crippen molar-refractivity contribution in [2.24, 2.45) is 11.7 Å². The summed E-state index contributed by atoms with van der Waals surface area (Å²) in [7, 11) is 0. The lowest BCUT2D eigenvalue weighted by Crippen LogP contribution is -2.37. The first-order valence-electron chi connectivity index (χ1n) is 5.46. The lowest BCUT2D eigenvalue weighted by molar-refractivity contribution is 0.0759. The van der Waals surface area contributed by atoms with Crippen molar-refractivity contribution >= 4 is 34.5 Å². The maximum atomic E-state index is 12.2. The van der Waals surface area contributed by atoms with Crippen LogP contribution in [0.2, 0.25) is 0 Å². The van der Waals surface area contributed by atoms with Crippen molar-refractivity contribution in [2.75, 3.05) is 13.1 Å². The van der Waals surface area contributed by atoms with Crippen LogP contribution in [-0.4, -0.2) is 33.9 Å². The summed E-state index contributed by atoms with van der Waals surface area (Å²) in [6.45, 7) is 6.95. The van der Waals surface area contributed by atoms with E-state index in [1.165, 1.54) is 11.3 Å². The maximum absolute atomic E-state index is 12.2. The highest BCUT2D eigenvalue weighted by molar-refractivity contribution is 7.80. The van der Waals surface area contributed by atoms with Gasteiger partial charge in [0, 0.05) is 19.0 Å². The van der Waals surface area contributed by atoms with E-state index < -0.39 is 0 Å². The molecule has 0 spiro atoms. The standard InChI is InChI=1S/C11H17N3OS2/c1-4-14(6-7(2)10(12)16)11(15)9-5-13-8(3)17-9/h5,7H,4,6H2,1-3H3,(H2,12,16). The van der Waals surface area contributed by atoms with E-state index in [2.05, 4.69) is 4.98 Å². The number of carbonyl (C=O) groups is 1. The fourth-order valence-corrected chi connectivity index (χ4v) is 2.21. The zero-order valence-corrected chi connectivity index (χ0v) is 11.9. The van der Waals surface area contributed by atoms with Crippen LogP contribution in [0.1, 0.15) is 28.5 Å². The number of amides is 1. The summed E-state index contributed by atoms with van der Waals surface area (Å²) >= 11 is 6.33. The van der Waals surface area contributed by atoms with E-state index in [0.717, 1.165) is 5.01 Å². The molecule has 2 N–H and O–H groups in total. The van der Waals surface area contributed by atoms with E-state index in [0.29, 0.717) is 23.0 Å². The summed E-state index contributed by atoms with van der Waals surface area (Å²) < 4.78 is 0. The van der Waals surface area contributed by atoms with Crippen LogP contribution in [-0.2, 0) is 0 Å². The average Bonchev–Trinajstić information content (AvgIpc) is 2.71. The van der Waals surface area contributed by atoms with Gasteiger partial charge in [-0.1, -0.05) is 19.1 Å². The Morgan fingerprint density at radius 2 is 2.35 bits per heavy atom. The highest BCUT2D eigenvalue weighted by Crippen LogP contribution is 2.15. The van der Waals surface area contributed by atoms with E-state index in [9.17, 15) is 4.79 Å². The van der Waals surface area contributed by atoms with Gasteiger partial charge in [-0.25, -0.2) is 4.98 Å². The fraction of sp³-hybridized carbons (Fsp3) is 0.545. The van der Waals surface area contributed by atoms with Crippen molar-refractivity contribution in [2.45, 2.75) is 20.8 Å². The fourth-order valence-electron chi connectivity index (χ4n) is 1.39. The Labute approximate surface area is 111 Å². The average molecular weight is 271 g/mol. The number of carbonyl (C=O) groups excluding carboxylic acids is 1. The minimum atomic E-state index is 0.00111. The number of aryl methyl sites for hydroxylation is 1. The number of rotatable bonds is 5. The largest absolute Gasteiger partial charge is 0.393 e. The molecule has 1 unspecified atom stereocenters. The van der Waals surface area contributed by atoms with Gasteiger partial charge in [-0.15, -0.1) is 11.3 Å². The molecule has 4 nitrogen and oxygen atoms in total. The minimum Gasteiger partial charge on any atom is -0.393 e. The lowest BCUT2D eigenvalue weighted by Gasteiger charge is -2.23. The molecule has 1 amide bonds. The van der Waals surface area contributed by atoms with Crippen LogP contribution in [0.4, 0.5) is 0 Å². The molecule has 0 bridgehead atoms. The predicted octanol–water partition coefficient (Wildman–Crippen LogP) is 1.84. The van der Waals surface area contributed by atoms with Crippen LogP contribution in [0.5, 0.6) is 0 Å². The van der Waals surface area contributed by atoms with Gasteiger partial charge < -0.3 is 10.6 Å². The zero-order chi connectivity index (χ0) is 13.0. The first-order valence-corrected chi connectivity index (χ1v) is 6.69. The van der Waals surface area contributed by atoms with Gasteiger partial charge in [0.1, 0.15) is 4.88 Å². The Kier molecular flexibility index (Phi) is 5.02. The number of thiazole rings is 1. The van der Waals surface area contributed by atoms with Crippen LogP contribution in [0.15, 0.2) is 6.20 Å². The molecule has 0 aliphatic heterocycles. The molecule has 1 aromatic rings. The summed E-state index contributed by atoms with van der Waals surface area (Å²) in [4.78, 5) is 19.1. The second-order valence-corrected chi connectivity index (χ2v) is 5.60. The monoisotopic (exact) mass is 271 g/mol. The molecular formula is C11H17N3OS2. The molecule has 1 aromatic heterocycles. The van der Waals surface area contributed by atoms with Crippen molar-refractivity contribution in [1.29, 1.82) is 0 Å². The van der Waals surface area contributed by atoms with Gasteiger partial charge in [0.15, 0.2) is 0 Å². The third-order valence-electron chi connectivity index (χ3n) is 2.48. The molecule has 17 heavy (non-hydrogen) atoms. The molecule has 0 aliphatic rings. The van der Waals surface area contributed by atoms with Crippen molar-refractivity contribution in [1.82, 2.24) is 9.88 Å². The van der Waals surface area contributed by atoms with Gasteiger partial charge in [-0.2, -0.15) is 0 Å². The molecule has 0 aliphatic carbocycles. The van der Waals surface area contributed by atoms with Gasteiger partial charge in [0.2, 0.25) is 0 Å². The topological polar surface area (TPSA) is 59.2 Å². The Morgan fingerprint density at radius 1 is 1.71 bits per heavy atom. The number of hydrogen-bond acceptors (Lipinski definition) is 4. The van der Waals surface area contributed by atoms with Crippen LogP contribution in [0.25, 0.3) is 0 Å². The van der Waals surface area contributed by atoms with Gasteiger partial charge >= 0.3 is 0 Å². The Morgan fingerprint density at radius 3 is 2.76 bits per heavy atom. The number of nitrogens with two attached hydrogens (primary N) is 1. The molecule has 6 heteroatoms. The lowest BCUT2D eigenvalue weighted by atomic mass is 10.1. The number of hydrogen-bond donors (Lipinski definition) is 1. The second-order valence-electron chi connectivity index (χ2n) is 3.89. The quantitative estimate of drug-likeness (QED) is 0.830. The van der Waals surface area contributed by atoms with E-state index >= 15 is 0 Å². The third kappa shape index (κ3) is 3.74. The third-order valence-corrected chi connectivity index (χ3v) is 3.78. The molecule has 0 aromatic carbocycles. The van der Waals surface area contributed by atoms with Crippen molar-refractivity contribution in [3.8, 4) is 0 Å². The first-order chi connectivity index (χ1) is 7.95. The second kappa shape index (κ2) is 6.07. The molecule has 1 heterocycles. The first kappa shape index (κ1) is 14.1. The molecular weight excluding hydrogens is 254 g/mol. The van der Waals surface area contributed by atoms with E-state index in [-0.39, 0.29) is 11.8 Å².